The second kappa shape index (κ2) is 40.2. The molecule has 0 bridgehead atoms. The number of hydrogen-bond donors (Lipinski definition) is 5. The monoisotopic (exact) mass is 724 g/mol. The van der Waals surface area contributed by atoms with Crippen LogP contribution in [0.3, 0.4) is 0 Å². The van der Waals surface area contributed by atoms with Crippen molar-refractivity contribution >= 4 is 5.91 Å². The highest BCUT2D eigenvalue weighted by atomic mass is 16.3. The Morgan fingerprint density at radius 1 is 0.471 bits per heavy atom. The Kier molecular flexibility index (Phi) is 39.5. The molecule has 0 spiro atoms. The number of allylic oxidation sites excluding steroid dienone is 2. The van der Waals surface area contributed by atoms with Gasteiger partial charge in [0.25, 0.3) is 0 Å². The van der Waals surface area contributed by atoms with Crippen molar-refractivity contribution in [1.29, 1.82) is 0 Å². The summed E-state index contributed by atoms with van der Waals surface area (Å²) in [4.78, 5) is 12.5. The Morgan fingerprint density at radius 3 is 1.18 bits per heavy atom. The van der Waals surface area contributed by atoms with E-state index in [1.165, 1.54) is 173 Å². The lowest BCUT2D eigenvalue weighted by Crippen LogP contribution is -2.53. The quantitative estimate of drug-likeness (QED) is 0.0319. The Bertz CT molecular complexity index is 731. The van der Waals surface area contributed by atoms with Gasteiger partial charge in [-0.3, -0.25) is 4.79 Å². The Morgan fingerprint density at radius 2 is 0.804 bits per heavy atom. The molecular formula is C45H89NO5. The summed E-state index contributed by atoms with van der Waals surface area (Å²) in [6.45, 7) is 4.05. The SMILES string of the molecule is CCCCCCCCCCC/C=C/CCCC(O)C(O)C(CO)NC(=O)C(O)CCCCCCCCCCCCCCCCCCCCCCC. The molecule has 6 heteroatoms. The molecule has 5 N–H and O–H groups in total. The first kappa shape index (κ1) is 50.1. The highest BCUT2D eigenvalue weighted by molar-refractivity contribution is 5.80. The number of aliphatic hydroxyl groups is 4. The molecule has 0 radical (unpaired) electrons. The maximum Gasteiger partial charge on any atom is 0.249 e. The Labute approximate surface area is 317 Å². The average molecular weight is 724 g/mol. The molecule has 4 unspecified atom stereocenters. The minimum Gasteiger partial charge on any atom is -0.394 e. The van der Waals surface area contributed by atoms with Crippen molar-refractivity contribution in [3.63, 3.8) is 0 Å². The summed E-state index contributed by atoms with van der Waals surface area (Å²) in [5.74, 6) is -0.590. The second-order valence-electron chi connectivity index (χ2n) is 15.8. The summed E-state index contributed by atoms with van der Waals surface area (Å²) in [6, 6.07) is -0.996. The molecule has 0 saturated heterocycles. The summed E-state index contributed by atoms with van der Waals surface area (Å²) in [6.07, 6.45) is 43.9. The predicted molar refractivity (Wildman–Crippen MR) is 219 cm³/mol. The highest BCUT2D eigenvalue weighted by Gasteiger charge is 2.28. The predicted octanol–water partition coefficient (Wildman–Crippen LogP) is 11.8. The zero-order valence-corrected chi connectivity index (χ0v) is 34.1. The van der Waals surface area contributed by atoms with Crippen LogP contribution in [0.25, 0.3) is 0 Å². The second-order valence-corrected chi connectivity index (χ2v) is 15.8. The number of carbonyl (C=O) groups excluding carboxylic acids is 1. The van der Waals surface area contributed by atoms with Crippen LogP contribution in [0.15, 0.2) is 12.2 Å². The number of nitrogens with one attached hydrogen (secondary N) is 1. The van der Waals surface area contributed by atoms with Crippen LogP contribution < -0.4 is 5.32 Å². The third-order valence-corrected chi connectivity index (χ3v) is 10.7. The number of rotatable bonds is 41. The van der Waals surface area contributed by atoms with E-state index < -0.39 is 36.9 Å². The standard InChI is InChI=1S/C45H89NO5/c1-3-5-7-9-11-13-15-17-19-20-21-22-23-24-25-27-29-31-33-35-37-39-43(49)45(51)46-41(40-47)44(50)42(48)38-36-34-32-30-28-26-18-16-14-12-10-8-6-4-2/h30,32,41-44,47-50H,3-29,31,33-40H2,1-2H3,(H,46,51)/b32-30+. The van der Waals surface area contributed by atoms with Crippen molar-refractivity contribution in [2.45, 2.75) is 263 Å². The maximum absolute atomic E-state index is 12.5. The molecule has 4 atom stereocenters. The molecule has 0 aliphatic carbocycles. The topological polar surface area (TPSA) is 110 Å². The normalized spacial score (nSPS) is 14.2. The zero-order chi connectivity index (χ0) is 37.5. The summed E-state index contributed by atoms with van der Waals surface area (Å²) in [5.41, 5.74) is 0. The molecule has 1 amide bonds. The van der Waals surface area contributed by atoms with E-state index in [9.17, 15) is 25.2 Å². The van der Waals surface area contributed by atoms with E-state index in [1.807, 2.05) is 0 Å². The van der Waals surface area contributed by atoms with E-state index in [2.05, 4.69) is 31.3 Å². The van der Waals surface area contributed by atoms with Gasteiger partial charge in [-0.1, -0.05) is 212 Å². The third kappa shape index (κ3) is 34.6. The molecule has 6 nitrogen and oxygen atoms in total. The van der Waals surface area contributed by atoms with Crippen LogP contribution in [-0.4, -0.2) is 57.3 Å². The smallest absolute Gasteiger partial charge is 0.249 e. The average Bonchev–Trinajstić information content (AvgIpc) is 3.13. The fourth-order valence-electron chi connectivity index (χ4n) is 7.11. The van der Waals surface area contributed by atoms with Crippen LogP contribution in [0.4, 0.5) is 0 Å². The van der Waals surface area contributed by atoms with Gasteiger partial charge in [-0.25, -0.2) is 0 Å². The van der Waals surface area contributed by atoms with Crippen molar-refractivity contribution in [3.8, 4) is 0 Å². The van der Waals surface area contributed by atoms with E-state index >= 15 is 0 Å². The van der Waals surface area contributed by atoms with Gasteiger partial charge in [0.2, 0.25) is 5.91 Å². The van der Waals surface area contributed by atoms with Crippen molar-refractivity contribution in [3.05, 3.63) is 12.2 Å². The van der Waals surface area contributed by atoms with Gasteiger partial charge >= 0.3 is 0 Å². The minimum absolute atomic E-state index is 0.368. The largest absolute Gasteiger partial charge is 0.394 e. The summed E-state index contributed by atoms with van der Waals surface area (Å²) >= 11 is 0. The summed E-state index contributed by atoms with van der Waals surface area (Å²) in [7, 11) is 0. The Hall–Kier alpha value is -0.950. The molecule has 0 aromatic rings. The van der Waals surface area contributed by atoms with E-state index in [-0.39, 0.29) is 0 Å². The molecule has 0 fully saturated rings. The molecule has 0 aromatic carbocycles. The molecule has 304 valence electrons. The van der Waals surface area contributed by atoms with Crippen LogP contribution in [0.2, 0.25) is 0 Å². The number of amides is 1. The maximum atomic E-state index is 12.5. The number of carbonyl (C=O) groups is 1. The third-order valence-electron chi connectivity index (χ3n) is 10.7. The van der Waals surface area contributed by atoms with E-state index in [1.54, 1.807) is 0 Å². The highest BCUT2D eigenvalue weighted by Crippen LogP contribution is 2.16. The molecule has 0 aromatic heterocycles. The first-order valence-electron chi connectivity index (χ1n) is 22.6. The molecule has 0 aliphatic heterocycles. The first-order valence-corrected chi connectivity index (χ1v) is 22.6. The van der Waals surface area contributed by atoms with Crippen molar-refractivity contribution in [2.75, 3.05) is 6.61 Å². The lowest BCUT2D eigenvalue weighted by Gasteiger charge is -2.27. The lowest BCUT2D eigenvalue weighted by molar-refractivity contribution is -0.132. The van der Waals surface area contributed by atoms with Gasteiger partial charge in [0.1, 0.15) is 12.2 Å². The number of hydrogen-bond acceptors (Lipinski definition) is 5. The molecular weight excluding hydrogens is 634 g/mol. The van der Waals surface area contributed by atoms with Gasteiger partial charge in [-0.15, -0.1) is 0 Å². The Balaban J connectivity index is 3.71. The van der Waals surface area contributed by atoms with Crippen LogP contribution in [0.1, 0.15) is 239 Å². The molecule has 51 heavy (non-hydrogen) atoms. The number of aliphatic hydroxyl groups excluding tert-OH is 4. The first-order chi connectivity index (χ1) is 25.0. The van der Waals surface area contributed by atoms with Crippen LogP contribution in [0, 0.1) is 0 Å². The lowest BCUT2D eigenvalue weighted by atomic mass is 10.00. The van der Waals surface area contributed by atoms with Gasteiger partial charge in [0.15, 0.2) is 0 Å². The molecule has 0 rings (SSSR count). The van der Waals surface area contributed by atoms with Crippen LogP contribution in [0.5, 0.6) is 0 Å². The van der Waals surface area contributed by atoms with Crippen molar-refractivity contribution in [2.24, 2.45) is 0 Å². The zero-order valence-electron chi connectivity index (χ0n) is 34.1. The van der Waals surface area contributed by atoms with Crippen LogP contribution in [-0.2, 0) is 4.79 Å². The van der Waals surface area contributed by atoms with Crippen molar-refractivity contribution < 1.29 is 25.2 Å². The number of unbranched alkanes of at least 4 members (excludes halogenated alkanes) is 30. The van der Waals surface area contributed by atoms with Gasteiger partial charge in [0, 0.05) is 0 Å². The van der Waals surface area contributed by atoms with Gasteiger partial charge in [-0.2, -0.15) is 0 Å². The molecule has 0 heterocycles. The molecule has 0 saturated carbocycles. The van der Waals surface area contributed by atoms with Gasteiger partial charge in [-0.05, 0) is 38.5 Å². The van der Waals surface area contributed by atoms with Crippen molar-refractivity contribution in [1.82, 2.24) is 5.32 Å². The van der Waals surface area contributed by atoms with Crippen LogP contribution >= 0.6 is 0 Å². The summed E-state index contributed by atoms with van der Waals surface area (Å²) < 4.78 is 0. The minimum atomic E-state index is -1.28. The van der Waals surface area contributed by atoms with Gasteiger partial charge < -0.3 is 25.7 Å². The van der Waals surface area contributed by atoms with E-state index in [0.29, 0.717) is 12.8 Å². The van der Waals surface area contributed by atoms with Gasteiger partial charge in [0.05, 0.1) is 18.8 Å². The van der Waals surface area contributed by atoms with E-state index in [4.69, 9.17) is 0 Å². The fourth-order valence-corrected chi connectivity index (χ4v) is 7.11. The summed E-state index contributed by atoms with van der Waals surface area (Å²) in [5, 5.41) is 43.6. The fraction of sp³-hybridized carbons (Fsp3) is 0.933. The molecule has 0 aliphatic rings. The van der Waals surface area contributed by atoms with E-state index in [0.717, 1.165) is 38.5 Å².